The van der Waals surface area contributed by atoms with Crippen molar-refractivity contribution < 1.29 is 1180 Å². The van der Waals surface area contributed by atoms with Gasteiger partial charge in [-0.1, -0.05) is 0 Å². The van der Waals surface area contributed by atoms with E-state index in [0.29, 0.717) is 0 Å². The molecular weight excluding hydrogens is 3240 g/mol. The van der Waals surface area contributed by atoms with Gasteiger partial charge in [-0.2, -0.15) is 0 Å². The van der Waals surface area contributed by atoms with Crippen LogP contribution in [0.5, 0.6) is 0 Å². The van der Waals surface area contributed by atoms with Crippen LogP contribution in [0.2, 0.25) is 0 Å². The molecule has 0 spiro atoms. The van der Waals surface area contributed by atoms with E-state index in [-0.39, 0.29) is 1230 Å². The summed E-state index contributed by atoms with van der Waals surface area (Å²) in [5.74, 6) is 0. The summed E-state index contributed by atoms with van der Waals surface area (Å²) in [6.07, 6.45) is 0. The molecule has 0 fully saturated rings. The molecule has 0 aromatic rings. The molecule has 0 aromatic carbocycles. The normalized spacial score (nSPS) is 0. The van der Waals surface area contributed by atoms with E-state index < -0.39 is 0 Å². The molecule has 0 saturated carbocycles. The van der Waals surface area contributed by atoms with Gasteiger partial charge in [-0.3, -0.25) is 0 Å². The molecule has 0 N–H and O–H groups in total. The van der Waals surface area contributed by atoms with Gasteiger partial charge in [0.2, 0.25) is 0 Å². The first kappa shape index (κ1) is 274. The Morgan fingerprint density at radius 2 is 0.0541 bits per heavy atom. The quantitative estimate of drug-likeness (QED) is 0.289. The maximum absolute atomic E-state index is 0. The summed E-state index contributed by atoms with van der Waals surface area (Å²) in [6, 6.07) is 0. The third-order valence-electron chi connectivity index (χ3n) is 0. The first-order valence-corrected chi connectivity index (χ1v) is 0. The van der Waals surface area contributed by atoms with Gasteiger partial charge in [-0.15, -0.1) is 0 Å². The maximum atomic E-state index is 0. The predicted octanol–water partition coefficient (Wildman–Crippen LogP) is -0.471. The first-order chi connectivity index (χ1) is 0. The summed E-state index contributed by atoms with van der Waals surface area (Å²) in [4.78, 5) is 0. The van der Waals surface area contributed by atoms with Crippen molar-refractivity contribution in [3.63, 3.8) is 0 Å². The van der Waals surface area contributed by atoms with Crippen LogP contribution in [0.1, 0.15) is 0 Å². The van der Waals surface area contributed by atoms with Crippen molar-refractivity contribution in [1.82, 2.24) is 0 Å². The fourth-order valence-electron chi connectivity index (χ4n) is 0. The molecule has 0 aliphatic carbocycles. The van der Waals surface area contributed by atoms with Crippen LogP contribution in [-0.4, -0.2) is 51.4 Å². The summed E-state index contributed by atoms with van der Waals surface area (Å²) < 4.78 is 0. The average Bonchev–Trinajstić information content (AvgIpc) is 0. The molecule has 0 bridgehead atoms. The van der Waals surface area contributed by atoms with Gasteiger partial charge in [0.1, 0.15) is 0 Å². The molecule has 37 heavy (non-hydrogen) atoms. The zero-order chi connectivity index (χ0) is 0. The molecule has 0 aromatic heterocycles. The van der Waals surface area contributed by atoms with Crippen LogP contribution in [0.25, 0.3) is 0 Å². The fourth-order valence-corrected chi connectivity index (χ4v) is 0. The van der Waals surface area contributed by atoms with Crippen LogP contribution in [0.4, 0.5) is 0 Å². The minimum absolute atomic E-state index is 0. The minimum Gasteiger partial charge on any atom is 0 e. The maximum Gasteiger partial charge on any atom is 0 e. The molecule has 0 aliphatic heterocycles. The zero-order valence-corrected chi connectivity index (χ0v) is 127. The molecular formula is KY36. The smallest absolute Gasteiger partial charge is 0 e. The van der Waals surface area contributed by atoms with Gasteiger partial charge in [-0.05, 0) is 0 Å². The molecule has 0 heterocycles. The first-order valence-electron chi connectivity index (χ1n) is 0. The van der Waals surface area contributed by atoms with E-state index in [9.17, 15) is 0 Å². The number of hydrogen-bond acceptors (Lipinski definition) is 0. The summed E-state index contributed by atoms with van der Waals surface area (Å²) in [5, 5.41) is 0. The van der Waals surface area contributed by atoms with E-state index in [1.165, 1.54) is 0 Å². The molecule has 0 atom stereocenters. The SMILES string of the molecule is [K].[Y].[Y].[Y].[Y].[Y].[Y].[Y].[Y].[Y].[Y].[Y].[Y].[Y].[Y].[Y].[Y].[Y].[Y].[Y].[Y].[Y].[Y].[Y].[Y].[Y].[Y].[Y].[Y].[Y].[Y].[Y].[Y].[Y].[Y].[Y].[Y]. The summed E-state index contributed by atoms with van der Waals surface area (Å²) in [6.45, 7) is 0. The summed E-state index contributed by atoms with van der Waals surface area (Å²) in [7, 11) is 0. The Bertz CT molecular complexity index is 6.63. The fraction of sp³-hybridized carbons (Fsp3) is 0. The van der Waals surface area contributed by atoms with Crippen molar-refractivity contribution in [2.45, 2.75) is 0 Å². The van der Waals surface area contributed by atoms with Crippen molar-refractivity contribution in [3.8, 4) is 0 Å². The number of rotatable bonds is 0. The standard InChI is InChI=1S/K.36Y. The van der Waals surface area contributed by atoms with Crippen molar-refractivity contribution in [3.05, 3.63) is 0 Å². The summed E-state index contributed by atoms with van der Waals surface area (Å²) >= 11 is 0. The zero-order valence-electron chi connectivity index (χ0n) is 21.8. The topological polar surface area (TPSA) is 0 Å². The Labute approximate surface area is 1180 Å². The third kappa shape index (κ3) is 257. The van der Waals surface area contributed by atoms with Gasteiger partial charge in [0.25, 0.3) is 0 Å². The molecule has 37 radical (unpaired) electrons. The molecule has 0 nitrogen and oxygen atoms in total. The van der Waals surface area contributed by atoms with Gasteiger partial charge in [0.05, 0.1) is 0 Å². The molecule has 37 heteroatoms. The van der Waals surface area contributed by atoms with Crippen LogP contribution in [0, 0.1) is 0 Å². The Morgan fingerprint density at radius 1 is 0.0541 bits per heavy atom. The largest absolute Gasteiger partial charge is 0 e. The van der Waals surface area contributed by atoms with Crippen molar-refractivity contribution >= 4 is 51.4 Å². The van der Waals surface area contributed by atoms with E-state index in [0.717, 1.165) is 0 Å². The summed E-state index contributed by atoms with van der Waals surface area (Å²) in [5.41, 5.74) is 0. The number of hydrogen-bond donors (Lipinski definition) is 0. The minimum atomic E-state index is 0. The molecule has 0 aliphatic rings. The van der Waals surface area contributed by atoms with Crippen LogP contribution in [0.15, 0.2) is 0 Å². The second-order valence-electron chi connectivity index (χ2n) is 0. The monoisotopic (exact) mass is 3240 g/mol. The van der Waals surface area contributed by atoms with Crippen LogP contribution in [0.3, 0.4) is 0 Å². The van der Waals surface area contributed by atoms with Crippen molar-refractivity contribution in [2.75, 3.05) is 0 Å². The van der Waals surface area contributed by atoms with Gasteiger partial charge in [0, 0.05) is 1230 Å². The van der Waals surface area contributed by atoms with Crippen molar-refractivity contribution in [1.29, 1.82) is 0 Å². The Kier molecular flexibility index (Phi) is 1950. The van der Waals surface area contributed by atoms with Crippen LogP contribution >= 0.6 is 0 Å². The van der Waals surface area contributed by atoms with E-state index in [1.807, 2.05) is 0 Å². The second-order valence-corrected chi connectivity index (χ2v) is 0. The Morgan fingerprint density at radius 3 is 0.0541 bits per heavy atom. The average molecular weight is 3240 g/mol. The van der Waals surface area contributed by atoms with Crippen LogP contribution in [-0.2, 0) is 1180 Å². The van der Waals surface area contributed by atoms with Gasteiger partial charge in [-0.25, -0.2) is 0 Å². The van der Waals surface area contributed by atoms with E-state index >= 15 is 0 Å². The Hall–Kier alpha value is 41.4. The van der Waals surface area contributed by atoms with Crippen LogP contribution < -0.4 is 0 Å². The molecule has 0 rings (SSSR count). The van der Waals surface area contributed by atoms with Crippen molar-refractivity contribution in [2.24, 2.45) is 0 Å². The van der Waals surface area contributed by atoms with E-state index in [4.69, 9.17) is 0 Å². The third-order valence-corrected chi connectivity index (χ3v) is 0. The van der Waals surface area contributed by atoms with E-state index in [2.05, 4.69) is 0 Å². The van der Waals surface area contributed by atoms with Gasteiger partial charge < -0.3 is 0 Å². The molecule has 0 unspecified atom stereocenters. The molecule has 109 valence electrons. The van der Waals surface area contributed by atoms with E-state index in [1.54, 1.807) is 0 Å². The van der Waals surface area contributed by atoms with Gasteiger partial charge >= 0.3 is 0 Å². The predicted molar refractivity (Wildman–Crippen MR) is 5.75 cm³/mol. The molecule has 0 amide bonds. The van der Waals surface area contributed by atoms with Gasteiger partial charge in [0.15, 0.2) is 0 Å². The Balaban J connectivity index is 0. The second kappa shape index (κ2) is 264. The molecule has 0 saturated heterocycles.